The molecule has 1 aliphatic rings. The molecule has 1 aliphatic heterocycles. The number of fused-ring (bicyclic) bond motifs is 1. The maximum Gasteiger partial charge on any atom is 0.410 e. The number of amides is 1. The Morgan fingerprint density at radius 1 is 1.23 bits per heavy atom. The highest BCUT2D eigenvalue weighted by Crippen LogP contribution is 2.28. The molecule has 1 aromatic carbocycles. The van der Waals surface area contributed by atoms with Gasteiger partial charge in [-0.3, -0.25) is 0 Å². The van der Waals surface area contributed by atoms with Gasteiger partial charge in [-0.2, -0.15) is 0 Å². The molecule has 3 rings (SSSR count). The zero-order valence-corrected chi connectivity index (χ0v) is 16.4. The SMILES string of the molecule is CNCc1nc2cccc(N3CCN(C(=O)OC(C)(C)C)CC3)c2n1C. The molecule has 0 radical (unpaired) electrons. The standard InChI is InChI=1S/C19H29N5O2/c1-19(2,3)26-18(25)24-11-9-23(10-12-24)15-8-6-7-14-17(15)22(5)16(21-14)13-20-4/h6-8,20H,9-13H2,1-5H3. The monoisotopic (exact) mass is 359 g/mol. The normalized spacial score (nSPS) is 15.6. The highest BCUT2D eigenvalue weighted by atomic mass is 16.6. The Hall–Kier alpha value is -2.28. The summed E-state index contributed by atoms with van der Waals surface area (Å²) in [7, 11) is 3.98. The van der Waals surface area contributed by atoms with Gasteiger partial charge in [0.1, 0.15) is 11.4 Å². The van der Waals surface area contributed by atoms with Crippen LogP contribution in [0.1, 0.15) is 26.6 Å². The van der Waals surface area contributed by atoms with E-state index >= 15 is 0 Å². The fourth-order valence-electron chi connectivity index (χ4n) is 3.32. The Balaban J connectivity index is 1.76. The van der Waals surface area contributed by atoms with E-state index in [1.165, 1.54) is 5.69 Å². The number of rotatable bonds is 3. The molecule has 0 atom stereocenters. The predicted octanol–water partition coefficient (Wildman–Crippen LogP) is 2.35. The Bertz CT molecular complexity index is 785. The Kier molecular flexibility index (Phi) is 5.09. The van der Waals surface area contributed by atoms with Gasteiger partial charge in [-0.05, 0) is 40.0 Å². The first-order valence-corrected chi connectivity index (χ1v) is 9.12. The molecule has 26 heavy (non-hydrogen) atoms. The molecule has 0 saturated carbocycles. The van der Waals surface area contributed by atoms with E-state index in [-0.39, 0.29) is 6.09 Å². The van der Waals surface area contributed by atoms with Gasteiger partial charge < -0.3 is 24.4 Å². The van der Waals surface area contributed by atoms with Crippen molar-refractivity contribution in [3.63, 3.8) is 0 Å². The van der Waals surface area contributed by atoms with E-state index in [0.717, 1.165) is 36.5 Å². The molecule has 0 unspecified atom stereocenters. The Labute approximate surface area is 154 Å². The molecule has 7 nitrogen and oxygen atoms in total. The van der Waals surface area contributed by atoms with E-state index < -0.39 is 5.60 Å². The summed E-state index contributed by atoms with van der Waals surface area (Å²) in [6.07, 6.45) is -0.229. The van der Waals surface area contributed by atoms with Crippen molar-refractivity contribution in [1.29, 1.82) is 0 Å². The first-order valence-electron chi connectivity index (χ1n) is 9.12. The summed E-state index contributed by atoms with van der Waals surface area (Å²) in [4.78, 5) is 21.1. The van der Waals surface area contributed by atoms with Crippen LogP contribution in [0, 0.1) is 0 Å². The molecule has 1 N–H and O–H groups in total. The lowest BCUT2D eigenvalue weighted by Gasteiger charge is -2.37. The lowest BCUT2D eigenvalue weighted by molar-refractivity contribution is 0.0240. The van der Waals surface area contributed by atoms with Crippen LogP contribution >= 0.6 is 0 Å². The number of nitrogens with zero attached hydrogens (tertiary/aromatic N) is 4. The largest absolute Gasteiger partial charge is 0.444 e. The molecule has 0 spiro atoms. The summed E-state index contributed by atoms with van der Waals surface area (Å²) in [5, 5.41) is 3.17. The van der Waals surface area contributed by atoms with E-state index in [9.17, 15) is 4.79 Å². The van der Waals surface area contributed by atoms with Crippen molar-refractivity contribution < 1.29 is 9.53 Å². The first-order chi connectivity index (χ1) is 12.3. The topological polar surface area (TPSA) is 62.6 Å². The fraction of sp³-hybridized carbons (Fsp3) is 0.579. The quantitative estimate of drug-likeness (QED) is 0.911. The van der Waals surface area contributed by atoms with Gasteiger partial charge in [0.25, 0.3) is 0 Å². The van der Waals surface area contributed by atoms with Crippen molar-refractivity contribution in [2.24, 2.45) is 7.05 Å². The average Bonchev–Trinajstić information content (AvgIpc) is 2.90. The number of hydrogen-bond donors (Lipinski definition) is 1. The lowest BCUT2D eigenvalue weighted by Crippen LogP contribution is -2.50. The van der Waals surface area contributed by atoms with Crippen LogP contribution in [0.5, 0.6) is 0 Å². The van der Waals surface area contributed by atoms with Crippen LogP contribution in [0.4, 0.5) is 10.5 Å². The number of carbonyl (C=O) groups is 1. The number of anilines is 1. The number of para-hydroxylation sites is 1. The first kappa shape index (κ1) is 18.5. The second kappa shape index (κ2) is 7.15. The lowest BCUT2D eigenvalue weighted by atomic mass is 10.2. The molecule has 2 aromatic rings. The second-order valence-corrected chi connectivity index (χ2v) is 7.72. The van der Waals surface area contributed by atoms with Crippen LogP contribution in [0.15, 0.2) is 18.2 Å². The molecular formula is C19H29N5O2. The summed E-state index contributed by atoms with van der Waals surface area (Å²) in [5.41, 5.74) is 2.86. The number of hydrogen-bond acceptors (Lipinski definition) is 5. The average molecular weight is 359 g/mol. The highest BCUT2D eigenvalue weighted by molar-refractivity contribution is 5.89. The van der Waals surface area contributed by atoms with Crippen molar-refractivity contribution in [2.75, 3.05) is 38.1 Å². The number of imidazole rings is 1. The van der Waals surface area contributed by atoms with Gasteiger partial charge in [0, 0.05) is 33.2 Å². The van der Waals surface area contributed by atoms with Gasteiger partial charge in [-0.25, -0.2) is 9.78 Å². The minimum absolute atomic E-state index is 0.229. The molecule has 1 amide bonds. The molecule has 0 aliphatic carbocycles. The molecule has 7 heteroatoms. The van der Waals surface area contributed by atoms with E-state index in [2.05, 4.69) is 34.0 Å². The third-order valence-electron chi connectivity index (χ3n) is 4.57. The van der Waals surface area contributed by atoms with Crippen molar-refractivity contribution in [3.8, 4) is 0 Å². The van der Waals surface area contributed by atoms with E-state index in [1.54, 1.807) is 4.90 Å². The van der Waals surface area contributed by atoms with E-state index in [1.807, 2.05) is 33.9 Å². The summed E-state index contributed by atoms with van der Waals surface area (Å²) in [6.45, 7) is 9.30. The van der Waals surface area contributed by atoms with E-state index in [0.29, 0.717) is 13.1 Å². The predicted molar refractivity (Wildman–Crippen MR) is 103 cm³/mol. The van der Waals surface area contributed by atoms with Crippen molar-refractivity contribution in [2.45, 2.75) is 32.9 Å². The highest BCUT2D eigenvalue weighted by Gasteiger charge is 2.27. The fourth-order valence-corrected chi connectivity index (χ4v) is 3.32. The van der Waals surface area contributed by atoms with Crippen molar-refractivity contribution in [1.82, 2.24) is 19.8 Å². The van der Waals surface area contributed by atoms with Gasteiger partial charge >= 0.3 is 6.09 Å². The molecule has 142 valence electrons. The van der Waals surface area contributed by atoms with Gasteiger partial charge in [0.15, 0.2) is 0 Å². The van der Waals surface area contributed by atoms with Crippen LogP contribution in [-0.4, -0.2) is 59.4 Å². The maximum atomic E-state index is 12.3. The van der Waals surface area contributed by atoms with Crippen LogP contribution in [0.3, 0.4) is 0 Å². The number of aryl methyl sites for hydroxylation is 1. The van der Waals surface area contributed by atoms with Crippen molar-refractivity contribution >= 4 is 22.8 Å². The smallest absolute Gasteiger partial charge is 0.410 e. The van der Waals surface area contributed by atoms with Crippen molar-refractivity contribution in [3.05, 3.63) is 24.0 Å². The summed E-state index contributed by atoms with van der Waals surface area (Å²) < 4.78 is 7.64. The Morgan fingerprint density at radius 3 is 2.54 bits per heavy atom. The summed E-state index contributed by atoms with van der Waals surface area (Å²) in [6, 6.07) is 6.24. The molecule has 2 heterocycles. The van der Waals surface area contributed by atoms with Gasteiger partial charge in [0.2, 0.25) is 0 Å². The number of ether oxygens (including phenoxy) is 1. The van der Waals surface area contributed by atoms with Crippen LogP contribution in [0.25, 0.3) is 11.0 Å². The third kappa shape index (κ3) is 3.77. The summed E-state index contributed by atoms with van der Waals surface area (Å²) in [5.74, 6) is 1.02. The van der Waals surface area contributed by atoms with Crippen LogP contribution in [-0.2, 0) is 18.3 Å². The zero-order valence-electron chi connectivity index (χ0n) is 16.4. The molecular weight excluding hydrogens is 330 g/mol. The summed E-state index contributed by atoms with van der Waals surface area (Å²) >= 11 is 0. The maximum absolute atomic E-state index is 12.3. The second-order valence-electron chi connectivity index (χ2n) is 7.72. The minimum Gasteiger partial charge on any atom is -0.444 e. The van der Waals surface area contributed by atoms with Gasteiger partial charge in [-0.1, -0.05) is 6.07 Å². The van der Waals surface area contributed by atoms with Crippen LogP contribution in [0.2, 0.25) is 0 Å². The number of nitrogens with one attached hydrogen (secondary N) is 1. The number of piperazine rings is 1. The number of aromatic nitrogens is 2. The van der Waals surface area contributed by atoms with Gasteiger partial charge in [0.05, 0.1) is 23.3 Å². The molecule has 1 saturated heterocycles. The third-order valence-corrected chi connectivity index (χ3v) is 4.57. The minimum atomic E-state index is -0.460. The number of carbonyl (C=O) groups excluding carboxylic acids is 1. The Morgan fingerprint density at radius 2 is 1.92 bits per heavy atom. The van der Waals surface area contributed by atoms with E-state index in [4.69, 9.17) is 9.72 Å². The molecule has 1 fully saturated rings. The zero-order chi connectivity index (χ0) is 18.9. The van der Waals surface area contributed by atoms with Crippen LogP contribution < -0.4 is 10.2 Å². The number of benzene rings is 1. The molecule has 1 aromatic heterocycles. The van der Waals surface area contributed by atoms with Gasteiger partial charge in [-0.15, -0.1) is 0 Å². The molecule has 0 bridgehead atoms.